The minimum absolute atomic E-state index is 0.388. The van der Waals surface area contributed by atoms with Gasteiger partial charge in [-0.1, -0.05) is 12.1 Å². The van der Waals surface area contributed by atoms with Gasteiger partial charge in [-0.2, -0.15) is 11.8 Å². The first-order chi connectivity index (χ1) is 9.95. The normalized spacial score (nSPS) is 11.6. The van der Waals surface area contributed by atoms with Crippen LogP contribution in [0.25, 0.3) is 0 Å². The quantitative estimate of drug-likeness (QED) is 0.718. The number of thioether (sulfide) groups is 1. The van der Waals surface area contributed by atoms with E-state index in [1.165, 1.54) is 0 Å². The van der Waals surface area contributed by atoms with Gasteiger partial charge < -0.3 is 20.6 Å². The number of urea groups is 1. The van der Waals surface area contributed by atoms with Crippen LogP contribution < -0.4 is 15.5 Å². The number of para-hydroxylation sites is 2. The molecule has 1 rings (SSSR count). The predicted octanol–water partition coefficient (Wildman–Crippen LogP) is 2.08. The highest BCUT2D eigenvalue weighted by molar-refractivity contribution is 7.98. The van der Waals surface area contributed by atoms with Crippen molar-refractivity contribution < 1.29 is 14.7 Å². The highest BCUT2D eigenvalue weighted by atomic mass is 32.2. The maximum absolute atomic E-state index is 12.0. The van der Waals surface area contributed by atoms with Crippen molar-refractivity contribution in [3.05, 3.63) is 24.3 Å². The number of nitrogens with zero attached hydrogens (tertiary/aromatic N) is 1. The molecule has 0 aromatic heterocycles. The van der Waals surface area contributed by atoms with Gasteiger partial charge in [0.1, 0.15) is 6.04 Å². The van der Waals surface area contributed by atoms with E-state index in [0.717, 1.165) is 5.69 Å². The minimum atomic E-state index is -1.03. The van der Waals surface area contributed by atoms with Crippen LogP contribution in [0.1, 0.15) is 6.42 Å². The minimum Gasteiger partial charge on any atom is -0.480 e. The van der Waals surface area contributed by atoms with Gasteiger partial charge in [0.25, 0.3) is 0 Å². The Hall–Kier alpha value is -1.89. The van der Waals surface area contributed by atoms with Gasteiger partial charge in [0.2, 0.25) is 0 Å². The molecular formula is C14H21N3O3S. The van der Waals surface area contributed by atoms with Crippen molar-refractivity contribution >= 4 is 35.1 Å². The number of rotatable bonds is 7. The van der Waals surface area contributed by atoms with Crippen molar-refractivity contribution in [1.29, 1.82) is 0 Å². The van der Waals surface area contributed by atoms with Crippen LogP contribution in [-0.4, -0.2) is 49.3 Å². The number of amides is 2. The second-order valence-electron chi connectivity index (χ2n) is 4.68. The van der Waals surface area contributed by atoms with Gasteiger partial charge >= 0.3 is 12.0 Å². The zero-order valence-electron chi connectivity index (χ0n) is 12.4. The van der Waals surface area contributed by atoms with Gasteiger partial charge in [0.15, 0.2) is 0 Å². The van der Waals surface area contributed by atoms with Crippen molar-refractivity contribution in [2.75, 3.05) is 36.3 Å². The lowest BCUT2D eigenvalue weighted by atomic mass is 10.2. The molecule has 3 N–H and O–H groups in total. The van der Waals surface area contributed by atoms with Crippen LogP contribution in [0.5, 0.6) is 0 Å². The van der Waals surface area contributed by atoms with Crippen LogP contribution >= 0.6 is 11.8 Å². The summed E-state index contributed by atoms with van der Waals surface area (Å²) in [7, 11) is 3.74. The molecular weight excluding hydrogens is 290 g/mol. The number of carboxylic acid groups (broad SMARTS) is 1. The van der Waals surface area contributed by atoms with Gasteiger partial charge in [-0.3, -0.25) is 0 Å². The summed E-state index contributed by atoms with van der Waals surface area (Å²) in [6.07, 6.45) is 2.28. The van der Waals surface area contributed by atoms with E-state index in [1.54, 1.807) is 17.8 Å². The summed E-state index contributed by atoms with van der Waals surface area (Å²) in [5, 5.41) is 14.3. The fourth-order valence-electron chi connectivity index (χ4n) is 1.78. The molecule has 21 heavy (non-hydrogen) atoms. The number of carboxylic acids is 1. The number of anilines is 2. The van der Waals surface area contributed by atoms with E-state index in [0.29, 0.717) is 17.9 Å². The number of hydrogen-bond donors (Lipinski definition) is 3. The summed E-state index contributed by atoms with van der Waals surface area (Å²) in [6.45, 7) is 0. The van der Waals surface area contributed by atoms with Gasteiger partial charge in [-0.15, -0.1) is 0 Å². The molecule has 116 valence electrons. The lowest BCUT2D eigenvalue weighted by Crippen LogP contribution is -2.43. The average molecular weight is 311 g/mol. The fourth-order valence-corrected chi connectivity index (χ4v) is 2.25. The zero-order valence-corrected chi connectivity index (χ0v) is 13.2. The summed E-state index contributed by atoms with van der Waals surface area (Å²) in [5.74, 6) is -0.356. The van der Waals surface area contributed by atoms with Crippen LogP contribution in [-0.2, 0) is 4.79 Å². The van der Waals surface area contributed by atoms with Crippen LogP contribution in [0.2, 0.25) is 0 Å². The van der Waals surface area contributed by atoms with E-state index in [9.17, 15) is 9.59 Å². The van der Waals surface area contributed by atoms with Crippen molar-refractivity contribution in [1.82, 2.24) is 5.32 Å². The Labute approximate surface area is 128 Å². The molecule has 0 saturated carbocycles. The third-order valence-electron chi connectivity index (χ3n) is 2.85. The molecule has 0 bridgehead atoms. The fraction of sp³-hybridized carbons (Fsp3) is 0.429. The monoisotopic (exact) mass is 311 g/mol. The number of benzene rings is 1. The van der Waals surface area contributed by atoms with Crippen LogP contribution in [0, 0.1) is 0 Å². The third-order valence-corrected chi connectivity index (χ3v) is 3.49. The van der Waals surface area contributed by atoms with E-state index in [-0.39, 0.29) is 0 Å². The molecule has 0 saturated heterocycles. The number of hydrogen-bond acceptors (Lipinski definition) is 4. The molecule has 1 aromatic rings. The molecule has 0 aliphatic rings. The Morgan fingerprint density at radius 2 is 2.00 bits per heavy atom. The van der Waals surface area contributed by atoms with E-state index < -0.39 is 18.0 Å². The first-order valence-electron chi connectivity index (χ1n) is 6.51. The average Bonchev–Trinajstić information content (AvgIpc) is 2.43. The third kappa shape index (κ3) is 5.55. The first kappa shape index (κ1) is 17.2. The number of nitrogens with one attached hydrogen (secondary N) is 2. The predicted molar refractivity (Wildman–Crippen MR) is 87.3 cm³/mol. The van der Waals surface area contributed by atoms with Crippen LogP contribution in [0.3, 0.4) is 0 Å². The summed E-state index contributed by atoms with van der Waals surface area (Å²) in [5.41, 5.74) is 1.48. The lowest BCUT2D eigenvalue weighted by Gasteiger charge is -2.19. The maximum atomic E-state index is 12.0. The molecule has 1 unspecified atom stereocenters. The van der Waals surface area contributed by atoms with E-state index >= 15 is 0 Å². The summed E-state index contributed by atoms with van der Waals surface area (Å²) < 4.78 is 0. The molecule has 0 aliphatic carbocycles. The lowest BCUT2D eigenvalue weighted by molar-refractivity contribution is -0.139. The van der Waals surface area contributed by atoms with Crippen molar-refractivity contribution in [2.24, 2.45) is 0 Å². The van der Waals surface area contributed by atoms with Gasteiger partial charge in [0.05, 0.1) is 11.4 Å². The molecule has 0 fully saturated rings. The summed E-state index contributed by atoms with van der Waals surface area (Å²) >= 11 is 1.54. The van der Waals surface area contributed by atoms with Crippen molar-refractivity contribution in [2.45, 2.75) is 12.5 Å². The van der Waals surface area contributed by atoms with Gasteiger partial charge in [-0.25, -0.2) is 9.59 Å². The molecule has 1 aromatic carbocycles. The van der Waals surface area contributed by atoms with E-state index in [2.05, 4.69) is 10.6 Å². The zero-order chi connectivity index (χ0) is 15.8. The first-order valence-corrected chi connectivity index (χ1v) is 7.90. The Bertz CT molecular complexity index is 494. The second-order valence-corrected chi connectivity index (χ2v) is 5.67. The standard InChI is InChI=1S/C14H21N3O3S/c1-17(2)12-7-5-4-6-10(12)15-14(20)16-11(13(18)19)8-9-21-3/h4-7,11H,8-9H2,1-3H3,(H,18,19)(H2,15,16,20). The Morgan fingerprint density at radius 3 is 2.57 bits per heavy atom. The highest BCUT2D eigenvalue weighted by Crippen LogP contribution is 2.23. The summed E-state index contributed by atoms with van der Waals surface area (Å²) in [6, 6.07) is 5.92. The summed E-state index contributed by atoms with van der Waals surface area (Å²) in [4.78, 5) is 24.9. The number of carbonyl (C=O) groups is 2. The Morgan fingerprint density at radius 1 is 1.33 bits per heavy atom. The van der Waals surface area contributed by atoms with Crippen molar-refractivity contribution in [3.8, 4) is 0 Å². The molecule has 0 spiro atoms. The van der Waals surface area contributed by atoms with Gasteiger partial charge in [0, 0.05) is 14.1 Å². The van der Waals surface area contributed by atoms with Gasteiger partial charge in [-0.05, 0) is 30.6 Å². The largest absolute Gasteiger partial charge is 0.480 e. The molecule has 7 heteroatoms. The topological polar surface area (TPSA) is 81.7 Å². The number of carbonyl (C=O) groups excluding carboxylic acids is 1. The molecule has 0 heterocycles. The molecule has 0 radical (unpaired) electrons. The Kier molecular flexibility index (Phi) is 6.87. The number of aliphatic carboxylic acids is 1. The smallest absolute Gasteiger partial charge is 0.326 e. The SMILES string of the molecule is CSCCC(NC(=O)Nc1ccccc1N(C)C)C(=O)O. The van der Waals surface area contributed by atoms with Crippen molar-refractivity contribution in [3.63, 3.8) is 0 Å². The molecule has 6 nitrogen and oxygen atoms in total. The Balaban J connectivity index is 2.70. The highest BCUT2D eigenvalue weighted by Gasteiger charge is 2.19. The molecule has 0 aliphatic heterocycles. The maximum Gasteiger partial charge on any atom is 0.326 e. The van der Waals surface area contributed by atoms with Crippen LogP contribution in [0.15, 0.2) is 24.3 Å². The second kappa shape index (κ2) is 8.41. The van der Waals surface area contributed by atoms with E-state index in [1.807, 2.05) is 43.5 Å². The molecule has 1 atom stereocenters. The van der Waals surface area contributed by atoms with Crippen LogP contribution in [0.4, 0.5) is 16.2 Å². The van der Waals surface area contributed by atoms with E-state index in [4.69, 9.17) is 5.11 Å². The molecule has 2 amide bonds.